The summed E-state index contributed by atoms with van der Waals surface area (Å²) in [4.78, 5) is 2.37. The van der Waals surface area contributed by atoms with E-state index in [1.165, 1.54) is 11.1 Å². The smallest absolute Gasteiger partial charge is 0.118 e. The second-order valence-corrected chi connectivity index (χ2v) is 6.89. The molecule has 0 aliphatic rings. The molecule has 1 N–H and O–H groups in total. The van der Waals surface area contributed by atoms with Crippen molar-refractivity contribution in [3.05, 3.63) is 70.8 Å². The van der Waals surface area contributed by atoms with Gasteiger partial charge in [-0.1, -0.05) is 80.4 Å². The van der Waals surface area contributed by atoms with Crippen LogP contribution in [0.25, 0.3) is 0 Å². The van der Waals surface area contributed by atoms with Gasteiger partial charge in [0, 0.05) is 12.5 Å². The lowest BCUT2D eigenvalue weighted by Crippen LogP contribution is -2.42. The third-order valence-electron chi connectivity index (χ3n) is 5.12. The summed E-state index contributed by atoms with van der Waals surface area (Å²) in [6.07, 6.45) is 0. The monoisotopic (exact) mass is 361 g/mol. The van der Waals surface area contributed by atoms with Crippen molar-refractivity contribution in [1.29, 1.82) is 0 Å². The van der Waals surface area contributed by atoms with Crippen LogP contribution in [0, 0.1) is 19.8 Å². The highest BCUT2D eigenvalue weighted by Gasteiger charge is 2.38. The predicted octanol–water partition coefficient (Wildman–Crippen LogP) is 4.94. The van der Waals surface area contributed by atoms with E-state index in [9.17, 15) is 5.11 Å². The van der Waals surface area contributed by atoms with Crippen LogP contribution in [0.5, 0.6) is 0 Å². The van der Waals surface area contributed by atoms with Crippen LogP contribution in [0.3, 0.4) is 0 Å². The van der Waals surface area contributed by atoms with E-state index in [4.69, 9.17) is 0 Å². The third kappa shape index (κ3) is 4.84. The number of nitrogens with zero attached hydrogens (tertiary/aromatic N) is 1. The van der Waals surface area contributed by atoms with Crippen molar-refractivity contribution in [2.75, 3.05) is 19.6 Å². The Labute approximate surface area is 159 Å². The van der Waals surface area contributed by atoms with E-state index in [0.717, 1.165) is 30.8 Å². The summed E-state index contributed by atoms with van der Waals surface area (Å²) >= 11 is 0. The van der Waals surface area contributed by atoms with Crippen molar-refractivity contribution in [2.45, 2.75) is 40.2 Å². The maximum atomic E-state index is 11.8. The molecule has 2 rings (SSSR count). The van der Waals surface area contributed by atoms with Crippen LogP contribution in [0.15, 0.2) is 48.5 Å². The molecule has 2 aromatic rings. The summed E-state index contributed by atoms with van der Waals surface area (Å²) in [6.45, 7) is 13.5. The van der Waals surface area contributed by atoms with Gasteiger partial charge in [0.25, 0.3) is 0 Å². The summed E-state index contributed by atoms with van der Waals surface area (Å²) in [5, 5.41) is 11.8. The molecule has 0 spiro atoms. The number of aryl methyl sites for hydroxylation is 2. The molecule has 0 aromatic heterocycles. The third-order valence-corrected chi connectivity index (χ3v) is 5.12. The SMILES string of the molecule is CCN(CC)CC(C)C(O)(c1ccc(C)cc1)c1ccc(C)cc1.Cl. The normalized spacial score (nSPS) is 12.8. The summed E-state index contributed by atoms with van der Waals surface area (Å²) in [5.74, 6) is 0.0859. The van der Waals surface area contributed by atoms with Gasteiger partial charge in [-0.25, -0.2) is 0 Å². The van der Waals surface area contributed by atoms with Gasteiger partial charge >= 0.3 is 0 Å². The number of hydrogen-bond donors (Lipinski definition) is 1. The molecule has 25 heavy (non-hydrogen) atoms. The van der Waals surface area contributed by atoms with E-state index >= 15 is 0 Å². The first-order chi connectivity index (χ1) is 11.4. The first-order valence-electron chi connectivity index (χ1n) is 9.00. The van der Waals surface area contributed by atoms with Gasteiger partial charge in [0.15, 0.2) is 0 Å². The number of rotatable bonds is 7. The first kappa shape index (κ1) is 21.7. The molecule has 0 bridgehead atoms. The van der Waals surface area contributed by atoms with Crippen LogP contribution < -0.4 is 0 Å². The molecule has 0 aliphatic heterocycles. The van der Waals surface area contributed by atoms with E-state index in [1.54, 1.807) is 0 Å². The first-order valence-corrected chi connectivity index (χ1v) is 9.00. The van der Waals surface area contributed by atoms with Crippen molar-refractivity contribution >= 4 is 12.4 Å². The van der Waals surface area contributed by atoms with Gasteiger partial charge in [-0.2, -0.15) is 0 Å². The van der Waals surface area contributed by atoms with E-state index in [-0.39, 0.29) is 18.3 Å². The maximum absolute atomic E-state index is 11.8. The number of aliphatic hydroxyl groups is 1. The number of halogens is 1. The Kier molecular flexibility index (Phi) is 8.14. The van der Waals surface area contributed by atoms with Crippen LogP contribution in [-0.2, 0) is 5.60 Å². The van der Waals surface area contributed by atoms with E-state index < -0.39 is 5.60 Å². The standard InChI is InChI=1S/C22H31NO.ClH/c1-6-23(7-2)16-19(5)22(24,20-12-8-17(3)9-13-20)21-14-10-18(4)11-15-21;/h8-15,19,24H,6-7,16H2,1-5H3;1H. The lowest BCUT2D eigenvalue weighted by molar-refractivity contribution is 0.00869. The van der Waals surface area contributed by atoms with Gasteiger partial charge in [-0.3, -0.25) is 0 Å². The fourth-order valence-electron chi connectivity index (χ4n) is 3.35. The van der Waals surface area contributed by atoms with Crippen LogP contribution >= 0.6 is 12.4 Å². The molecule has 3 heteroatoms. The Hall–Kier alpha value is -1.35. The molecule has 0 heterocycles. The Morgan fingerprint density at radius 1 is 0.840 bits per heavy atom. The maximum Gasteiger partial charge on any atom is 0.118 e. The molecule has 0 saturated heterocycles. The van der Waals surface area contributed by atoms with Crippen molar-refractivity contribution in [3.63, 3.8) is 0 Å². The fraction of sp³-hybridized carbons (Fsp3) is 0.455. The van der Waals surface area contributed by atoms with E-state index in [0.29, 0.717) is 0 Å². The molecule has 2 nitrogen and oxygen atoms in total. The highest BCUT2D eigenvalue weighted by atomic mass is 35.5. The average molecular weight is 362 g/mol. The zero-order chi connectivity index (χ0) is 17.7. The topological polar surface area (TPSA) is 23.5 Å². The number of benzene rings is 2. The summed E-state index contributed by atoms with van der Waals surface area (Å²) in [5.41, 5.74) is 3.38. The summed E-state index contributed by atoms with van der Waals surface area (Å²) < 4.78 is 0. The molecule has 0 fully saturated rings. The van der Waals surface area contributed by atoms with Crippen LogP contribution in [0.2, 0.25) is 0 Å². The van der Waals surface area contributed by atoms with Crippen LogP contribution in [0.4, 0.5) is 0 Å². The van der Waals surface area contributed by atoms with Gasteiger partial charge in [0.1, 0.15) is 5.60 Å². The van der Waals surface area contributed by atoms with E-state index in [2.05, 4.69) is 88.0 Å². The molecule has 138 valence electrons. The van der Waals surface area contributed by atoms with Gasteiger partial charge in [-0.05, 0) is 38.1 Å². The highest BCUT2D eigenvalue weighted by molar-refractivity contribution is 5.85. The predicted molar refractivity (Wildman–Crippen MR) is 110 cm³/mol. The number of hydrogen-bond acceptors (Lipinski definition) is 2. The largest absolute Gasteiger partial charge is 0.380 e. The van der Waals surface area contributed by atoms with Gasteiger partial charge in [-0.15, -0.1) is 12.4 Å². The highest BCUT2D eigenvalue weighted by Crippen LogP contribution is 2.37. The van der Waals surface area contributed by atoms with Gasteiger partial charge in [0.2, 0.25) is 0 Å². The van der Waals surface area contributed by atoms with Crippen molar-refractivity contribution < 1.29 is 5.11 Å². The lowest BCUT2D eigenvalue weighted by Gasteiger charge is -2.38. The van der Waals surface area contributed by atoms with Gasteiger partial charge < -0.3 is 10.0 Å². The van der Waals surface area contributed by atoms with Crippen LogP contribution in [0.1, 0.15) is 43.0 Å². The Morgan fingerprint density at radius 3 is 1.52 bits per heavy atom. The molecular formula is C22H32ClNO. The average Bonchev–Trinajstić information content (AvgIpc) is 2.60. The van der Waals surface area contributed by atoms with E-state index in [1.807, 2.05) is 0 Å². The zero-order valence-corrected chi connectivity index (χ0v) is 16.9. The molecule has 0 amide bonds. The molecule has 2 aromatic carbocycles. The Morgan fingerprint density at radius 2 is 1.20 bits per heavy atom. The van der Waals surface area contributed by atoms with Crippen molar-refractivity contribution in [1.82, 2.24) is 4.90 Å². The second-order valence-electron chi connectivity index (χ2n) is 6.89. The molecule has 1 atom stereocenters. The van der Waals surface area contributed by atoms with Gasteiger partial charge in [0.05, 0.1) is 0 Å². The quantitative estimate of drug-likeness (QED) is 0.755. The minimum Gasteiger partial charge on any atom is -0.380 e. The van der Waals surface area contributed by atoms with Crippen LogP contribution in [-0.4, -0.2) is 29.6 Å². The minimum atomic E-state index is -0.982. The molecule has 0 aliphatic carbocycles. The van der Waals surface area contributed by atoms with Crippen molar-refractivity contribution in [2.24, 2.45) is 5.92 Å². The molecule has 1 unspecified atom stereocenters. The Bertz CT molecular complexity index is 587. The molecule has 0 saturated carbocycles. The molecule has 0 radical (unpaired) electrons. The molecular weight excluding hydrogens is 330 g/mol. The Balaban J connectivity index is 0.00000312. The summed E-state index contributed by atoms with van der Waals surface area (Å²) in [6, 6.07) is 16.6. The fourth-order valence-corrected chi connectivity index (χ4v) is 3.35. The summed E-state index contributed by atoms with van der Waals surface area (Å²) in [7, 11) is 0. The zero-order valence-electron chi connectivity index (χ0n) is 16.1. The second kappa shape index (κ2) is 9.38. The minimum absolute atomic E-state index is 0. The van der Waals surface area contributed by atoms with Crippen molar-refractivity contribution in [3.8, 4) is 0 Å². The lowest BCUT2D eigenvalue weighted by atomic mass is 9.76.